The Morgan fingerprint density at radius 3 is 2.31 bits per heavy atom. The molecule has 8 nitrogen and oxygen atoms in total. The molecule has 0 aliphatic carbocycles. The predicted molar refractivity (Wildman–Crippen MR) is 125 cm³/mol. The molecule has 2 aromatic carbocycles. The Hall–Kier alpha value is -3.39. The number of para-hydroxylation sites is 1. The standard InChI is InChI=1S/C24H29N5O3/c30-22-10-5-12-29(22)21-9-4-6-19(18-21)26-24(32)23(31)25-11-13-27-14-16-28(17-15-27)20-7-2-1-3-8-20/h1-4,6-9,18H,5,10-17H2,(H,25,31)(H,26,32). The molecular formula is C24H29N5O3. The predicted octanol–water partition coefficient (Wildman–Crippen LogP) is 1.69. The van der Waals surface area contributed by atoms with E-state index in [1.54, 1.807) is 23.1 Å². The molecule has 0 saturated carbocycles. The molecule has 2 saturated heterocycles. The second-order valence-electron chi connectivity index (χ2n) is 8.07. The Morgan fingerprint density at radius 1 is 0.844 bits per heavy atom. The van der Waals surface area contributed by atoms with Gasteiger partial charge >= 0.3 is 11.8 Å². The molecule has 168 valence electrons. The number of piperazine rings is 1. The molecule has 2 aliphatic rings. The third-order valence-corrected chi connectivity index (χ3v) is 5.90. The maximum Gasteiger partial charge on any atom is 0.313 e. The molecule has 0 unspecified atom stereocenters. The van der Waals surface area contributed by atoms with Gasteiger partial charge < -0.3 is 20.4 Å². The Bertz CT molecular complexity index is 957. The Balaban J connectivity index is 1.19. The van der Waals surface area contributed by atoms with Gasteiger partial charge in [0.15, 0.2) is 0 Å². The van der Waals surface area contributed by atoms with Gasteiger partial charge in [-0.15, -0.1) is 0 Å². The van der Waals surface area contributed by atoms with E-state index in [-0.39, 0.29) is 5.91 Å². The van der Waals surface area contributed by atoms with Crippen molar-refractivity contribution in [2.45, 2.75) is 12.8 Å². The summed E-state index contributed by atoms with van der Waals surface area (Å²) in [6.07, 6.45) is 1.37. The summed E-state index contributed by atoms with van der Waals surface area (Å²) in [5.41, 5.74) is 2.47. The van der Waals surface area contributed by atoms with E-state index in [2.05, 4.69) is 32.6 Å². The van der Waals surface area contributed by atoms with Crippen molar-refractivity contribution in [3.63, 3.8) is 0 Å². The average Bonchev–Trinajstić information content (AvgIpc) is 3.26. The Labute approximate surface area is 188 Å². The van der Waals surface area contributed by atoms with Gasteiger partial charge in [0, 0.05) is 69.3 Å². The number of nitrogens with zero attached hydrogens (tertiary/aromatic N) is 3. The number of amides is 3. The van der Waals surface area contributed by atoms with Crippen LogP contribution < -0.4 is 20.4 Å². The first-order valence-electron chi connectivity index (χ1n) is 11.1. The second kappa shape index (κ2) is 10.3. The zero-order valence-electron chi connectivity index (χ0n) is 18.1. The number of carbonyl (C=O) groups excluding carboxylic acids is 3. The van der Waals surface area contributed by atoms with Crippen molar-refractivity contribution in [2.75, 3.05) is 60.9 Å². The summed E-state index contributed by atoms with van der Waals surface area (Å²) in [6, 6.07) is 17.4. The molecule has 0 atom stereocenters. The van der Waals surface area contributed by atoms with Gasteiger partial charge in [-0.3, -0.25) is 19.3 Å². The molecule has 2 N–H and O–H groups in total. The van der Waals surface area contributed by atoms with Crippen LogP contribution in [0.3, 0.4) is 0 Å². The number of anilines is 3. The van der Waals surface area contributed by atoms with Crippen molar-refractivity contribution in [3.8, 4) is 0 Å². The molecule has 0 radical (unpaired) electrons. The van der Waals surface area contributed by atoms with Crippen LogP contribution in [-0.2, 0) is 14.4 Å². The fourth-order valence-corrected chi connectivity index (χ4v) is 4.14. The SMILES string of the molecule is O=C(NCCN1CCN(c2ccccc2)CC1)C(=O)Nc1cccc(N2CCCC2=O)c1. The van der Waals surface area contributed by atoms with Crippen LogP contribution in [0.4, 0.5) is 17.1 Å². The van der Waals surface area contributed by atoms with E-state index in [1.165, 1.54) is 5.69 Å². The van der Waals surface area contributed by atoms with Crippen LogP contribution in [0, 0.1) is 0 Å². The number of hydrogen-bond acceptors (Lipinski definition) is 5. The highest BCUT2D eigenvalue weighted by Gasteiger charge is 2.22. The van der Waals surface area contributed by atoms with E-state index in [9.17, 15) is 14.4 Å². The van der Waals surface area contributed by atoms with Gasteiger partial charge in [0.1, 0.15) is 0 Å². The maximum atomic E-state index is 12.3. The van der Waals surface area contributed by atoms with Crippen molar-refractivity contribution in [1.29, 1.82) is 0 Å². The highest BCUT2D eigenvalue weighted by molar-refractivity contribution is 6.39. The Morgan fingerprint density at radius 2 is 1.59 bits per heavy atom. The van der Waals surface area contributed by atoms with Crippen LogP contribution in [0.15, 0.2) is 54.6 Å². The lowest BCUT2D eigenvalue weighted by Gasteiger charge is -2.36. The van der Waals surface area contributed by atoms with Crippen molar-refractivity contribution in [2.24, 2.45) is 0 Å². The van der Waals surface area contributed by atoms with Gasteiger partial charge in [-0.2, -0.15) is 0 Å². The van der Waals surface area contributed by atoms with Crippen molar-refractivity contribution < 1.29 is 14.4 Å². The summed E-state index contributed by atoms with van der Waals surface area (Å²) in [5.74, 6) is -1.28. The first kappa shape index (κ1) is 21.8. The van der Waals surface area contributed by atoms with Crippen LogP contribution in [0.25, 0.3) is 0 Å². The van der Waals surface area contributed by atoms with Crippen LogP contribution in [-0.4, -0.2) is 68.4 Å². The summed E-state index contributed by atoms with van der Waals surface area (Å²) < 4.78 is 0. The highest BCUT2D eigenvalue weighted by atomic mass is 16.2. The minimum absolute atomic E-state index is 0.0795. The van der Waals surface area contributed by atoms with E-state index in [0.717, 1.165) is 38.3 Å². The largest absolute Gasteiger partial charge is 0.369 e. The van der Waals surface area contributed by atoms with Crippen LogP contribution in [0.1, 0.15) is 12.8 Å². The van der Waals surface area contributed by atoms with Gasteiger partial charge in [0.2, 0.25) is 5.91 Å². The molecule has 2 aliphatic heterocycles. The quantitative estimate of drug-likeness (QED) is 0.675. The summed E-state index contributed by atoms with van der Waals surface area (Å²) in [4.78, 5) is 42.7. The lowest BCUT2D eigenvalue weighted by Crippen LogP contribution is -2.49. The molecule has 3 amide bonds. The molecule has 0 bridgehead atoms. The fourth-order valence-electron chi connectivity index (χ4n) is 4.14. The monoisotopic (exact) mass is 435 g/mol. The van der Waals surface area contributed by atoms with Crippen molar-refractivity contribution in [1.82, 2.24) is 10.2 Å². The zero-order chi connectivity index (χ0) is 22.3. The molecule has 4 rings (SSSR count). The molecular weight excluding hydrogens is 406 g/mol. The van der Waals surface area contributed by atoms with E-state index < -0.39 is 11.8 Å². The third-order valence-electron chi connectivity index (χ3n) is 5.90. The van der Waals surface area contributed by atoms with E-state index in [0.29, 0.717) is 31.7 Å². The number of hydrogen-bond donors (Lipinski definition) is 2. The maximum absolute atomic E-state index is 12.3. The highest BCUT2D eigenvalue weighted by Crippen LogP contribution is 2.24. The normalized spacial score (nSPS) is 16.8. The van der Waals surface area contributed by atoms with E-state index in [1.807, 2.05) is 24.3 Å². The van der Waals surface area contributed by atoms with E-state index >= 15 is 0 Å². The molecule has 2 aromatic rings. The lowest BCUT2D eigenvalue weighted by molar-refractivity contribution is -0.136. The van der Waals surface area contributed by atoms with Crippen LogP contribution in [0.2, 0.25) is 0 Å². The van der Waals surface area contributed by atoms with Gasteiger partial charge in [-0.25, -0.2) is 0 Å². The number of carbonyl (C=O) groups is 3. The summed E-state index contributed by atoms with van der Waals surface area (Å²) in [5, 5.41) is 5.32. The number of benzene rings is 2. The molecule has 8 heteroatoms. The molecule has 0 spiro atoms. The summed E-state index contributed by atoms with van der Waals surface area (Å²) in [6.45, 7) is 5.50. The second-order valence-corrected chi connectivity index (χ2v) is 8.07. The summed E-state index contributed by atoms with van der Waals surface area (Å²) in [7, 11) is 0. The van der Waals surface area contributed by atoms with Gasteiger partial charge in [0.05, 0.1) is 0 Å². The Kier molecular flexibility index (Phi) is 7.01. The first-order valence-corrected chi connectivity index (χ1v) is 11.1. The van der Waals surface area contributed by atoms with Crippen LogP contribution >= 0.6 is 0 Å². The number of rotatable bonds is 6. The zero-order valence-corrected chi connectivity index (χ0v) is 18.1. The minimum atomic E-state index is -0.705. The van der Waals surface area contributed by atoms with E-state index in [4.69, 9.17) is 0 Å². The van der Waals surface area contributed by atoms with Crippen molar-refractivity contribution >= 4 is 34.8 Å². The van der Waals surface area contributed by atoms with Crippen LogP contribution in [0.5, 0.6) is 0 Å². The first-order chi connectivity index (χ1) is 15.6. The topological polar surface area (TPSA) is 85.0 Å². The molecule has 2 heterocycles. The summed E-state index contributed by atoms with van der Waals surface area (Å²) >= 11 is 0. The third kappa shape index (κ3) is 5.45. The van der Waals surface area contributed by atoms with Gasteiger partial charge in [-0.1, -0.05) is 24.3 Å². The minimum Gasteiger partial charge on any atom is -0.369 e. The smallest absolute Gasteiger partial charge is 0.313 e. The lowest BCUT2D eigenvalue weighted by atomic mass is 10.2. The van der Waals surface area contributed by atoms with Gasteiger partial charge in [0.25, 0.3) is 0 Å². The molecule has 32 heavy (non-hydrogen) atoms. The van der Waals surface area contributed by atoms with Gasteiger partial charge in [-0.05, 0) is 36.8 Å². The fraction of sp³-hybridized carbons (Fsp3) is 0.375. The number of nitrogens with one attached hydrogen (secondary N) is 2. The van der Waals surface area contributed by atoms with Crippen molar-refractivity contribution in [3.05, 3.63) is 54.6 Å². The molecule has 0 aromatic heterocycles. The average molecular weight is 436 g/mol. The molecule has 2 fully saturated rings.